The number of nitrogens with zero attached hydrogens (tertiary/aromatic N) is 2. The maximum Gasteiger partial charge on any atom is 0.322 e. The van der Waals surface area contributed by atoms with Crippen molar-refractivity contribution in [2.45, 2.75) is 13.0 Å². The predicted octanol–water partition coefficient (Wildman–Crippen LogP) is 1.93. The lowest BCUT2D eigenvalue weighted by molar-refractivity contribution is -0.131. The Morgan fingerprint density at radius 2 is 2.14 bits per heavy atom. The first-order valence-corrected chi connectivity index (χ1v) is 9.38. The molecule has 7 nitrogen and oxygen atoms in total. The Morgan fingerprint density at radius 1 is 1.39 bits per heavy atom. The molecule has 1 atom stereocenters. The van der Waals surface area contributed by atoms with Gasteiger partial charge in [-0.1, -0.05) is 35.2 Å². The fourth-order valence-corrected chi connectivity index (χ4v) is 3.88. The van der Waals surface area contributed by atoms with Crippen LogP contribution in [0.5, 0.6) is 0 Å². The number of terminal acetylenes is 1. The van der Waals surface area contributed by atoms with Crippen LogP contribution < -0.4 is 10.6 Å². The van der Waals surface area contributed by atoms with Crippen LogP contribution >= 0.6 is 23.2 Å². The van der Waals surface area contributed by atoms with Crippen molar-refractivity contribution in [3.05, 3.63) is 45.1 Å². The van der Waals surface area contributed by atoms with Gasteiger partial charge in [-0.25, -0.2) is 4.79 Å². The number of urea groups is 1. The SMILES string of the molecule is C#CCNC(=O)CN1CC2=C(C1=O)[C@H](c1ccc(Cl)cc1Cl)NC(=O)N2CC. The van der Waals surface area contributed by atoms with E-state index in [-0.39, 0.29) is 37.5 Å². The number of carbonyl (C=O) groups excluding carboxylic acids is 3. The number of nitrogens with one attached hydrogen (secondary N) is 2. The normalized spacial score (nSPS) is 18.7. The number of amides is 4. The van der Waals surface area contributed by atoms with Crippen LogP contribution in [0, 0.1) is 12.3 Å². The van der Waals surface area contributed by atoms with E-state index in [0.717, 1.165) is 0 Å². The van der Waals surface area contributed by atoms with Crippen LogP contribution in [0.3, 0.4) is 0 Å². The quantitative estimate of drug-likeness (QED) is 0.713. The first-order valence-electron chi connectivity index (χ1n) is 8.62. The van der Waals surface area contributed by atoms with Crippen molar-refractivity contribution in [3.8, 4) is 12.3 Å². The van der Waals surface area contributed by atoms with E-state index in [4.69, 9.17) is 29.6 Å². The first-order chi connectivity index (χ1) is 13.4. The van der Waals surface area contributed by atoms with E-state index in [1.807, 2.05) is 6.92 Å². The molecule has 0 aliphatic carbocycles. The second-order valence-corrected chi connectivity index (χ2v) is 7.14. The summed E-state index contributed by atoms with van der Waals surface area (Å²) in [6.07, 6.45) is 5.14. The van der Waals surface area contributed by atoms with Gasteiger partial charge in [-0.05, 0) is 24.6 Å². The van der Waals surface area contributed by atoms with Gasteiger partial charge in [0.25, 0.3) is 5.91 Å². The molecule has 2 aliphatic rings. The molecule has 146 valence electrons. The number of rotatable bonds is 5. The number of hydrogen-bond acceptors (Lipinski definition) is 3. The maximum atomic E-state index is 13.1. The summed E-state index contributed by atoms with van der Waals surface area (Å²) in [5, 5.41) is 6.15. The molecule has 2 aliphatic heterocycles. The van der Waals surface area contributed by atoms with E-state index >= 15 is 0 Å². The number of halogens is 2. The fraction of sp³-hybridized carbons (Fsp3) is 0.316. The van der Waals surface area contributed by atoms with E-state index in [2.05, 4.69) is 16.6 Å². The maximum absolute atomic E-state index is 13.1. The average Bonchev–Trinajstić information content (AvgIpc) is 2.96. The molecular weight excluding hydrogens is 403 g/mol. The molecule has 1 aromatic carbocycles. The monoisotopic (exact) mass is 420 g/mol. The molecule has 0 aromatic heterocycles. The Bertz CT molecular complexity index is 922. The summed E-state index contributed by atoms with van der Waals surface area (Å²) in [5.74, 6) is 1.61. The van der Waals surface area contributed by atoms with Crippen molar-refractivity contribution in [2.24, 2.45) is 0 Å². The van der Waals surface area contributed by atoms with E-state index in [0.29, 0.717) is 33.4 Å². The first kappa shape index (κ1) is 20.1. The van der Waals surface area contributed by atoms with Crippen molar-refractivity contribution in [3.63, 3.8) is 0 Å². The fourth-order valence-electron chi connectivity index (χ4n) is 3.36. The summed E-state index contributed by atoms with van der Waals surface area (Å²) < 4.78 is 0. The minimum Gasteiger partial charge on any atom is -0.344 e. The van der Waals surface area contributed by atoms with Crippen LogP contribution in [0.1, 0.15) is 18.5 Å². The van der Waals surface area contributed by atoms with Gasteiger partial charge in [0.05, 0.1) is 30.4 Å². The molecule has 0 bridgehead atoms. The minimum atomic E-state index is -0.721. The summed E-state index contributed by atoms with van der Waals surface area (Å²) in [7, 11) is 0. The molecule has 0 fully saturated rings. The van der Waals surface area contributed by atoms with Crippen molar-refractivity contribution >= 4 is 41.0 Å². The lowest BCUT2D eigenvalue weighted by Crippen LogP contribution is -2.47. The Kier molecular flexibility index (Phi) is 5.82. The molecule has 2 N–H and O–H groups in total. The highest BCUT2D eigenvalue weighted by Gasteiger charge is 2.44. The standard InChI is InChI=1S/C19H18Cl2N4O3/c1-3-7-22-15(26)10-24-9-14-16(18(24)27)17(23-19(28)25(14)4-2)12-6-5-11(20)8-13(12)21/h1,5-6,8,17H,4,7,9-10H2,2H3,(H,22,26)(H,23,28)/t17-/m0/s1. The van der Waals surface area contributed by atoms with Gasteiger partial charge in [0.1, 0.15) is 6.54 Å². The number of likely N-dealkylation sites (N-methyl/N-ethyl adjacent to an activating group) is 1. The molecule has 0 radical (unpaired) electrons. The molecule has 0 saturated carbocycles. The Hall–Kier alpha value is -2.69. The van der Waals surface area contributed by atoms with E-state index in [1.54, 1.807) is 18.2 Å². The van der Waals surface area contributed by atoms with E-state index < -0.39 is 6.04 Å². The highest BCUT2D eigenvalue weighted by Crippen LogP contribution is 2.39. The largest absolute Gasteiger partial charge is 0.344 e. The van der Waals surface area contributed by atoms with Crippen molar-refractivity contribution in [1.82, 2.24) is 20.4 Å². The summed E-state index contributed by atoms with van der Waals surface area (Å²) in [5.41, 5.74) is 1.53. The van der Waals surface area contributed by atoms with Crippen LogP contribution in [0.2, 0.25) is 10.0 Å². The Balaban J connectivity index is 1.95. The molecule has 1 aromatic rings. The molecule has 0 unspecified atom stereocenters. The molecule has 4 amide bonds. The summed E-state index contributed by atoms with van der Waals surface area (Å²) in [6.45, 7) is 2.28. The lowest BCUT2D eigenvalue weighted by atomic mass is 9.95. The van der Waals surface area contributed by atoms with Crippen LogP contribution in [0.4, 0.5) is 4.79 Å². The Morgan fingerprint density at radius 3 is 2.79 bits per heavy atom. The molecule has 2 heterocycles. The second kappa shape index (κ2) is 8.13. The lowest BCUT2D eigenvalue weighted by Gasteiger charge is -2.33. The second-order valence-electron chi connectivity index (χ2n) is 6.30. The van der Waals surface area contributed by atoms with Crippen molar-refractivity contribution in [2.75, 3.05) is 26.2 Å². The van der Waals surface area contributed by atoms with Gasteiger partial charge in [0.2, 0.25) is 5.91 Å². The average molecular weight is 421 g/mol. The number of hydrogen-bond donors (Lipinski definition) is 2. The van der Waals surface area contributed by atoms with Crippen LogP contribution in [0.15, 0.2) is 29.5 Å². The van der Waals surface area contributed by atoms with E-state index in [9.17, 15) is 14.4 Å². The minimum absolute atomic E-state index is 0.0815. The van der Waals surface area contributed by atoms with Crippen molar-refractivity contribution in [1.29, 1.82) is 0 Å². The smallest absolute Gasteiger partial charge is 0.322 e. The molecule has 28 heavy (non-hydrogen) atoms. The predicted molar refractivity (Wildman–Crippen MR) is 106 cm³/mol. The molecule has 0 spiro atoms. The van der Waals surface area contributed by atoms with Gasteiger partial charge in [0.15, 0.2) is 0 Å². The molecule has 3 rings (SSSR count). The number of carbonyl (C=O) groups is 3. The van der Waals surface area contributed by atoms with E-state index in [1.165, 1.54) is 9.80 Å². The third-order valence-electron chi connectivity index (χ3n) is 4.61. The zero-order valence-corrected chi connectivity index (χ0v) is 16.6. The van der Waals surface area contributed by atoms with Gasteiger partial charge in [-0.3, -0.25) is 14.5 Å². The van der Waals surface area contributed by atoms with Crippen LogP contribution in [-0.4, -0.2) is 53.8 Å². The summed E-state index contributed by atoms with van der Waals surface area (Å²) >= 11 is 12.3. The van der Waals surface area contributed by atoms with Gasteiger partial charge in [0, 0.05) is 16.6 Å². The van der Waals surface area contributed by atoms with Gasteiger partial charge in [-0.2, -0.15) is 0 Å². The highest BCUT2D eigenvalue weighted by atomic mass is 35.5. The van der Waals surface area contributed by atoms with Gasteiger partial charge < -0.3 is 15.5 Å². The molecular formula is C19H18Cl2N4O3. The van der Waals surface area contributed by atoms with Gasteiger partial charge in [-0.15, -0.1) is 6.42 Å². The topological polar surface area (TPSA) is 81.8 Å². The third-order valence-corrected chi connectivity index (χ3v) is 5.17. The van der Waals surface area contributed by atoms with Crippen LogP contribution in [0.25, 0.3) is 0 Å². The van der Waals surface area contributed by atoms with Crippen molar-refractivity contribution < 1.29 is 14.4 Å². The van der Waals surface area contributed by atoms with Crippen LogP contribution in [-0.2, 0) is 9.59 Å². The summed E-state index contributed by atoms with van der Waals surface area (Å²) in [4.78, 5) is 40.6. The highest BCUT2D eigenvalue weighted by molar-refractivity contribution is 6.35. The Labute approximate surface area is 172 Å². The molecule has 0 saturated heterocycles. The van der Waals surface area contributed by atoms with Gasteiger partial charge >= 0.3 is 6.03 Å². The number of benzene rings is 1. The summed E-state index contributed by atoms with van der Waals surface area (Å²) in [6, 6.07) is 3.83. The third kappa shape index (κ3) is 3.66. The molecule has 9 heteroatoms. The zero-order valence-electron chi connectivity index (χ0n) is 15.1. The zero-order chi connectivity index (χ0) is 20.4.